The van der Waals surface area contributed by atoms with Crippen LogP contribution >= 0.6 is 0 Å². The minimum absolute atomic E-state index is 0.148. The Morgan fingerprint density at radius 1 is 1.14 bits per heavy atom. The van der Waals surface area contributed by atoms with Crippen LogP contribution in [-0.4, -0.2) is 79.6 Å². The van der Waals surface area contributed by atoms with Crippen LogP contribution in [0.25, 0.3) is 0 Å². The molecule has 1 atom stereocenters. The molecule has 5 nitrogen and oxygen atoms in total. The maximum Gasteiger partial charge on any atom is 0.319 e. The normalized spacial score (nSPS) is 23.1. The number of carbonyl (C=O) groups is 1. The fraction of sp³-hybridized carbons (Fsp3) is 0.938. The van der Waals surface area contributed by atoms with Crippen LogP contribution in [0.3, 0.4) is 0 Å². The quantitative estimate of drug-likeness (QED) is 0.856. The number of carbonyl (C=O) groups excluding carboxylic acids is 1. The second-order valence-electron chi connectivity index (χ2n) is 6.87. The van der Waals surface area contributed by atoms with Gasteiger partial charge < -0.3 is 20.0 Å². The van der Waals surface area contributed by atoms with Crippen molar-refractivity contribution in [2.24, 2.45) is 0 Å². The Labute approximate surface area is 129 Å². The van der Waals surface area contributed by atoms with Crippen LogP contribution in [0.15, 0.2) is 0 Å². The van der Waals surface area contributed by atoms with E-state index in [1.54, 1.807) is 4.90 Å². The first-order valence-electron chi connectivity index (χ1n) is 8.51. The van der Waals surface area contributed by atoms with Crippen LogP contribution in [0.2, 0.25) is 0 Å². The smallest absolute Gasteiger partial charge is 0.319 e. The molecule has 1 unspecified atom stereocenters. The van der Waals surface area contributed by atoms with Crippen LogP contribution in [0, 0.1) is 0 Å². The van der Waals surface area contributed by atoms with E-state index in [1.807, 2.05) is 19.0 Å². The molecule has 0 aromatic heterocycles. The second kappa shape index (κ2) is 7.99. The molecule has 2 heterocycles. The zero-order valence-electron chi connectivity index (χ0n) is 14.0. The molecule has 2 amide bonds. The second-order valence-corrected chi connectivity index (χ2v) is 6.87. The molecule has 5 heteroatoms. The summed E-state index contributed by atoms with van der Waals surface area (Å²) in [7, 11) is 3.65. The van der Waals surface area contributed by atoms with Gasteiger partial charge in [-0.15, -0.1) is 0 Å². The predicted molar refractivity (Wildman–Crippen MR) is 86.6 cm³/mol. The molecule has 2 aliphatic rings. The van der Waals surface area contributed by atoms with Crippen LogP contribution in [-0.2, 0) is 0 Å². The Morgan fingerprint density at radius 3 is 2.33 bits per heavy atom. The van der Waals surface area contributed by atoms with Crippen molar-refractivity contribution in [3.05, 3.63) is 0 Å². The standard InChI is InChI=1S/C16H32N4O/c1-14(13-19-9-5-4-6-10-19)17-15-7-11-20(12-8-15)16(21)18(2)3/h14-15,17H,4-13H2,1-3H3. The molecule has 2 fully saturated rings. The van der Waals surface area contributed by atoms with Crippen molar-refractivity contribution < 1.29 is 4.79 Å². The van der Waals surface area contributed by atoms with Crippen molar-refractivity contribution in [2.75, 3.05) is 46.8 Å². The fourth-order valence-corrected chi connectivity index (χ4v) is 3.50. The number of nitrogens with zero attached hydrogens (tertiary/aromatic N) is 3. The maximum absolute atomic E-state index is 11.9. The van der Waals surface area contributed by atoms with Gasteiger partial charge in [0.15, 0.2) is 0 Å². The summed E-state index contributed by atoms with van der Waals surface area (Å²) in [5.74, 6) is 0. The summed E-state index contributed by atoms with van der Waals surface area (Å²) in [6, 6.07) is 1.26. The van der Waals surface area contributed by atoms with E-state index in [1.165, 1.54) is 32.4 Å². The molecule has 2 rings (SSSR count). The Balaban J connectivity index is 1.66. The number of hydrogen-bond acceptors (Lipinski definition) is 3. The summed E-state index contributed by atoms with van der Waals surface area (Å²) in [6.45, 7) is 7.75. The van der Waals surface area contributed by atoms with Gasteiger partial charge in [-0.25, -0.2) is 4.79 Å². The van der Waals surface area contributed by atoms with Gasteiger partial charge >= 0.3 is 6.03 Å². The molecule has 0 spiro atoms. The van der Waals surface area contributed by atoms with Gasteiger partial charge in [-0.1, -0.05) is 6.42 Å². The van der Waals surface area contributed by atoms with Crippen molar-refractivity contribution in [1.82, 2.24) is 20.0 Å². The van der Waals surface area contributed by atoms with Gasteiger partial charge in [-0.05, 0) is 45.7 Å². The van der Waals surface area contributed by atoms with Gasteiger partial charge in [-0.3, -0.25) is 0 Å². The number of nitrogens with one attached hydrogen (secondary N) is 1. The monoisotopic (exact) mass is 296 g/mol. The van der Waals surface area contributed by atoms with Gasteiger partial charge in [0.1, 0.15) is 0 Å². The molecular formula is C16H32N4O. The van der Waals surface area contributed by atoms with Gasteiger partial charge in [0.05, 0.1) is 0 Å². The van der Waals surface area contributed by atoms with Crippen LogP contribution in [0.4, 0.5) is 4.79 Å². The first-order chi connectivity index (χ1) is 10.1. The molecular weight excluding hydrogens is 264 g/mol. The lowest BCUT2D eigenvalue weighted by Crippen LogP contribution is -2.51. The average molecular weight is 296 g/mol. The highest BCUT2D eigenvalue weighted by Crippen LogP contribution is 2.13. The van der Waals surface area contributed by atoms with E-state index in [0.29, 0.717) is 12.1 Å². The molecule has 0 aromatic rings. The highest BCUT2D eigenvalue weighted by Gasteiger charge is 2.24. The van der Waals surface area contributed by atoms with Crippen molar-refractivity contribution >= 4 is 6.03 Å². The first kappa shape index (κ1) is 16.6. The highest BCUT2D eigenvalue weighted by molar-refractivity contribution is 5.73. The Bertz CT molecular complexity index is 320. The molecule has 0 saturated carbocycles. The predicted octanol–water partition coefficient (Wildman–Crippen LogP) is 1.60. The zero-order valence-corrected chi connectivity index (χ0v) is 14.0. The van der Waals surface area contributed by atoms with E-state index >= 15 is 0 Å². The fourth-order valence-electron chi connectivity index (χ4n) is 3.50. The number of amides is 2. The largest absolute Gasteiger partial charge is 0.331 e. The lowest BCUT2D eigenvalue weighted by atomic mass is 10.0. The summed E-state index contributed by atoms with van der Waals surface area (Å²) in [5.41, 5.74) is 0. The third-order valence-corrected chi connectivity index (χ3v) is 4.65. The van der Waals surface area contributed by atoms with E-state index in [2.05, 4.69) is 17.1 Å². The molecule has 2 aliphatic heterocycles. The molecule has 2 saturated heterocycles. The molecule has 21 heavy (non-hydrogen) atoms. The van der Waals surface area contributed by atoms with Crippen LogP contribution < -0.4 is 5.32 Å². The summed E-state index contributed by atoms with van der Waals surface area (Å²) in [6.07, 6.45) is 6.26. The number of piperidine rings is 2. The van der Waals surface area contributed by atoms with Crippen molar-refractivity contribution in [3.8, 4) is 0 Å². The van der Waals surface area contributed by atoms with E-state index in [9.17, 15) is 4.79 Å². The van der Waals surface area contributed by atoms with Gasteiger partial charge in [0, 0.05) is 45.8 Å². The summed E-state index contributed by atoms with van der Waals surface area (Å²) >= 11 is 0. The van der Waals surface area contributed by atoms with Crippen LogP contribution in [0.1, 0.15) is 39.0 Å². The number of rotatable bonds is 4. The van der Waals surface area contributed by atoms with E-state index in [0.717, 1.165) is 32.5 Å². The lowest BCUT2D eigenvalue weighted by molar-refractivity contribution is 0.147. The van der Waals surface area contributed by atoms with Gasteiger partial charge in [0.2, 0.25) is 0 Å². The molecule has 1 N–H and O–H groups in total. The van der Waals surface area contributed by atoms with Crippen LogP contribution in [0.5, 0.6) is 0 Å². The molecule has 122 valence electrons. The van der Waals surface area contributed by atoms with Crippen molar-refractivity contribution in [1.29, 1.82) is 0 Å². The highest BCUT2D eigenvalue weighted by atomic mass is 16.2. The third kappa shape index (κ3) is 5.15. The van der Waals surface area contributed by atoms with E-state index in [-0.39, 0.29) is 6.03 Å². The number of urea groups is 1. The minimum atomic E-state index is 0.148. The lowest BCUT2D eigenvalue weighted by Gasteiger charge is -2.36. The first-order valence-corrected chi connectivity index (χ1v) is 8.51. The molecule has 0 radical (unpaired) electrons. The van der Waals surface area contributed by atoms with E-state index in [4.69, 9.17) is 0 Å². The summed E-state index contributed by atoms with van der Waals surface area (Å²) in [4.78, 5) is 18.1. The molecule has 0 bridgehead atoms. The van der Waals surface area contributed by atoms with Crippen molar-refractivity contribution in [2.45, 2.75) is 51.1 Å². The summed E-state index contributed by atoms with van der Waals surface area (Å²) < 4.78 is 0. The Kier molecular flexibility index (Phi) is 6.30. The number of hydrogen-bond donors (Lipinski definition) is 1. The topological polar surface area (TPSA) is 38.8 Å². The SMILES string of the molecule is CC(CN1CCCCC1)NC1CCN(C(=O)N(C)C)CC1. The van der Waals surface area contributed by atoms with E-state index < -0.39 is 0 Å². The zero-order chi connectivity index (χ0) is 15.2. The average Bonchev–Trinajstić information content (AvgIpc) is 2.48. The molecule has 0 aliphatic carbocycles. The Hall–Kier alpha value is -0.810. The van der Waals surface area contributed by atoms with Gasteiger partial charge in [0.25, 0.3) is 0 Å². The van der Waals surface area contributed by atoms with Crippen molar-refractivity contribution in [3.63, 3.8) is 0 Å². The van der Waals surface area contributed by atoms with Gasteiger partial charge in [-0.2, -0.15) is 0 Å². The third-order valence-electron chi connectivity index (χ3n) is 4.65. The summed E-state index contributed by atoms with van der Waals surface area (Å²) in [5, 5.41) is 3.76. The number of likely N-dealkylation sites (tertiary alicyclic amines) is 2. The Morgan fingerprint density at radius 2 is 1.76 bits per heavy atom. The molecule has 0 aromatic carbocycles. The maximum atomic E-state index is 11.9. The minimum Gasteiger partial charge on any atom is -0.331 e.